The molecule has 0 aromatic heterocycles. The first-order valence-corrected chi connectivity index (χ1v) is 3.87. The molecular weight excluding hydrogens is 159 g/mol. The molecule has 0 aromatic carbocycles. The lowest BCUT2D eigenvalue weighted by Gasteiger charge is -2.29. The summed E-state index contributed by atoms with van der Waals surface area (Å²) in [5.74, 6) is 0. The van der Waals surface area contributed by atoms with E-state index in [1.54, 1.807) is 6.92 Å². The molecule has 5 heteroatoms. The van der Waals surface area contributed by atoms with Crippen LogP contribution in [0.5, 0.6) is 0 Å². The molecule has 1 aliphatic rings. The molecule has 2 radical (unpaired) electrons. The first-order chi connectivity index (χ1) is 5.56. The zero-order chi connectivity index (χ0) is 9.35. The summed E-state index contributed by atoms with van der Waals surface area (Å²) >= 11 is 0. The smallest absolute Gasteiger partial charge is 0.112 e. The molecule has 1 aliphatic heterocycles. The minimum atomic E-state index is -0.931. The summed E-state index contributed by atoms with van der Waals surface area (Å²) in [5.41, 5.74) is -0.853. The standard InChI is InChI=1S/C7H13BO4/c1-7(3-10)4(2-9)12-6(8)5(7)11/h4-6,9-11H,2-3H2,1H3/t4?,5-,6+,7+/m0/s1. The molecule has 1 saturated heterocycles. The Morgan fingerprint density at radius 1 is 1.50 bits per heavy atom. The van der Waals surface area contributed by atoms with Crippen LogP contribution in [0.3, 0.4) is 0 Å². The van der Waals surface area contributed by atoms with E-state index in [4.69, 9.17) is 22.8 Å². The third-order valence-electron chi connectivity index (χ3n) is 2.55. The van der Waals surface area contributed by atoms with Crippen molar-refractivity contribution in [2.45, 2.75) is 25.1 Å². The number of ether oxygens (including phenoxy) is 1. The average Bonchev–Trinajstić information content (AvgIpc) is 2.30. The molecule has 0 aromatic rings. The second-order valence-corrected chi connectivity index (χ2v) is 3.38. The van der Waals surface area contributed by atoms with Gasteiger partial charge in [-0.3, -0.25) is 0 Å². The molecule has 1 heterocycles. The highest BCUT2D eigenvalue weighted by Gasteiger charge is 2.50. The third-order valence-corrected chi connectivity index (χ3v) is 2.55. The van der Waals surface area contributed by atoms with Crippen LogP contribution in [-0.4, -0.2) is 54.6 Å². The molecular formula is C7H13BO4. The van der Waals surface area contributed by atoms with Gasteiger partial charge in [0.1, 0.15) is 7.85 Å². The van der Waals surface area contributed by atoms with Crippen molar-refractivity contribution in [3.63, 3.8) is 0 Å². The highest BCUT2D eigenvalue weighted by atomic mass is 16.5. The lowest BCUT2D eigenvalue weighted by atomic mass is 9.76. The zero-order valence-corrected chi connectivity index (χ0v) is 6.97. The van der Waals surface area contributed by atoms with E-state index in [-0.39, 0.29) is 13.2 Å². The highest BCUT2D eigenvalue weighted by Crippen LogP contribution is 2.36. The van der Waals surface area contributed by atoms with Crippen LogP contribution in [-0.2, 0) is 4.74 Å². The van der Waals surface area contributed by atoms with E-state index >= 15 is 0 Å². The van der Waals surface area contributed by atoms with Gasteiger partial charge in [-0.1, -0.05) is 6.92 Å². The van der Waals surface area contributed by atoms with Gasteiger partial charge < -0.3 is 20.1 Å². The van der Waals surface area contributed by atoms with Crippen LogP contribution in [0.15, 0.2) is 0 Å². The zero-order valence-electron chi connectivity index (χ0n) is 6.97. The number of aliphatic hydroxyl groups is 3. The van der Waals surface area contributed by atoms with Crippen molar-refractivity contribution < 1.29 is 20.1 Å². The predicted octanol–water partition coefficient (Wildman–Crippen LogP) is -1.77. The van der Waals surface area contributed by atoms with Crippen LogP contribution in [0, 0.1) is 5.41 Å². The number of aliphatic hydroxyl groups excluding tert-OH is 3. The lowest BCUT2D eigenvalue weighted by molar-refractivity contribution is -0.0300. The molecule has 12 heavy (non-hydrogen) atoms. The van der Waals surface area contributed by atoms with Gasteiger partial charge in [-0.15, -0.1) is 0 Å². The van der Waals surface area contributed by atoms with Gasteiger partial charge in [0.15, 0.2) is 0 Å². The van der Waals surface area contributed by atoms with Crippen LogP contribution >= 0.6 is 0 Å². The fourth-order valence-corrected chi connectivity index (χ4v) is 1.43. The average molecular weight is 172 g/mol. The van der Waals surface area contributed by atoms with Crippen molar-refractivity contribution in [1.82, 2.24) is 0 Å². The van der Waals surface area contributed by atoms with E-state index < -0.39 is 23.6 Å². The first-order valence-electron chi connectivity index (χ1n) is 3.87. The maximum Gasteiger partial charge on any atom is 0.112 e. The molecule has 0 amide bonds. The van der Waals surface area contributed by atoms with Gasteiger partial charge in [-0.05, 0) is 0 Å². The maximum absolute atomic E-state index is 9.50. The Morgan fingerprint density at radius 2 is 2.08 bits per heavy atom. The molecule has 68 valence electrons. The highest BCUT2D eigenvalue weighted by molar-refractivity contribution is 6.11. The number of rotatable bonds is 2. The summed E-state index contributed by atoms with van der Waals surface area (Å²) in [6.07, 6.45) is -1.52. The Bertz CT molecular complexity index is 165. The second-order valence-electron chi connectivity index (χ2n) is 3.38. The summed E-state index contributed by atoms with van der Waals surface area (Å²) in [5, 5.41) is 27.4. The summed E-state index contributed by atoms with van der Waals surface area (Å²) in [4.78, 5) is 0. The second kappa shape index (κ2) is 3.34. The van der Waals surface area contributed by atoms with E-state index in [0.29, 0.717) is 0 Å². The normalized spacial score (nSPS) is 48.2. The number of hydrogen-bond acceptors (Lipinski definition) is 4. The summed E-state index contributed by atoms with van der Waals surface area (Å²) in [6, 6.07) is -0.820. The van der Waals surface area contributed by atoms with Gasteiger partial charge in [0.05, 0.1) is 25.4 Å². The van der Waals surface area contributed by atoms with Crippen molar-refractivity contribution in [2.75, 3.05) is 13.2 Å². The Balaban J connectivity index is 2.80. The van der Waals surface area contributed by atoms with E-state index in [1.807, 2.05) is 0 Å². The fourth-order valence-electron chi connectivity index (χ4n) is 1.43. The van der Waals surface area contributed by atoms with Crippen LogP contribution in [0.1, 0.15) is 6.92 Å². The summed E-state index contributed by atoms with van der Waals surface area (Å²) < 4.78 is 5.05. The molecule has 1 fully saturated rings. The van der Waals surface area contributed by atoms with Crippen molar-refractivity contribution >= 4 is 7.85 Å². The van der Waals surface area contributed by atoms with Crippen LogP contribution < -0.4 is 0 Å². The Kier molecular flexibility index (Phi) is 2.78. The molecule has 1 unspecified atom stereocenters. The van der Waals surface area contributed by atoms with Crippen molar-refractivity contribution in [2.24, 2.45) is 5.41 Å². The molecule has 1 rings (SSSR count). The lowest BCUT2D eigenvalue weighted by Crippen LogP contribution is -2.43. The fraction of sp³-hybridized carbons (Fsp3) is 1.00. The quantitative estimate of drug-likeness (QED) is 0.431. The van der Waals surface area contributed by atoms with Gasteiger partial charge >= 0.3 is 0 Å². The van der Waals surface area contributed by atoms with E-state index in [0.717, 1.165) is 0 Å². The van der Waals surface area contributed by atoms with Crippen LogP contribution in [0.25, 0.3) is 0 Å². The molecule has 0 bridgehead atoms. The minimum absolute atomic E-state index is 0.248. The molecule has 0 saturated carbocycles. The SMILES string of the molecule is [B][C@@H]1OC(CO)[C@@](C)(CO)[C@H]1O. The minimum Gasteiger partial charge on any atom is -0.396 e. The molecule has 3 N–H and O–H groups in total. The van der Waals surface area contributed by atoms with Gasteiger partial charge in [0.2, 0.25) is 0 Å². The van der Waals surface area contributed by atoms with E-state index in [9.17, 15) is 5.11 Å². The molecule has 4 nitrogen and oxygen atoms in total. The number of hydrogen-bond donors (Lipinski definition) is 3. The molecule has 0 aliphatic carbocycles. The van der Waals surface area contributed by atoms with Gasteiger partial charge in [0.25, 0.3) is 0 Å². The van der Waals surface area contributed by atoms with E-state index in [2.05, 4.69) is 0 Å². The van der Waals surface area contributed by atoms with Gasteiger partial charge in [-0.2, -0.15) is 0 Å². The summed E-state index contributed by atoms with van der Waals surface area (Å²) in [7, 11) is 5.40. The molecule has 4 atom stereocenters. The molecule has 0 spiro atoms. The monoisotopic (exact) mass is 172 g/mol. The Morgan fingerprint density at radius 3 is 2.42 bits per heavy atom. The summed E-state index contributed by atoms with van der Waals surface area (Å²) in [6.45, 7) is 1.13. The Labute approximate surface area is 72.6 Å². The largest absolute Gasteiger partial charge is 0.396 e. The van der Waals surface area contributed by atoms with Crippen LogP contribution in [0.2, 0.25) is 0 Å². The van der Waals surface area contributed by atoms with E-state index in [1.165, 1.54) is 0 Å². The Hall–Kier alpha value is -0.0951. The topological polar surface area (TPSA) is 69.9 Å². The predicted molar refractivity (Wildman–Crippen MR) is 42.7 cm³/mol. The third kappa shape index (κ3) is 1.27. The van der Waals surface area contributed by atoms with Crippen LogP contribution in [0.4, 0.5) is 0 Å². The first kappa shape index (κ1) is 9.99. The van der Waals surface area contributed by atoms with Gasteiger partial charge in [0, 0.05) is 11.4 Å². The van der Waals surface area contributed by atoms with Gasteiger partial charge in [-0.25, -0.2) is 0 Å². The maximum atomic E-state index is 9.50. The van der Waals surface area contributed by atoms with Crippen molar-refractivity contribution in [3.8, 4) is 0 Å². The van der Waals surface area contributed by atoms with Crippen molar-refractivity contribution in [1.29, 1.82) is 0 Å². The van der Waals surface area contributed by atoms with Crippen molar-refractivity contribution in [3.05, 3.63) is 0 Å².